The van der Waals surface area contributed by atoms with Gasteiger partial charge in [-0.2, -0.15) is 0 Å². The van der Waals surface area contributed by atoms with Gasteiger partial charge in [-0.25, -0.2) is 0 Å². The van der Waals surface area contributed by atoms with E-state index in [1.165, 1.54) is 0 Å². The van der Waals surface area contributed by atoms with Crippen LogP contribution in [-0.4, -0.2) is 19.0 Å². The molecule has 0 fully saturated rings. The monoisotopic (exact) mass is 253 g/mol. The highest BCUT2D eigenvalue weighted by Gasteiger charge is 2.13. The standard InChI is InChI=1S/C11H12BrNO/c1-8-6-13-11(14-7-8)9-2-4-10(12)5-3-9/h2-5,8H,6-7H2,1H3. The summed E-state index contributed by atoms with van der Waals surface area (Å²) in [6.45, 7) is 3.78. The van der Waals surface area contributed by atoms with E-state index >= 15 is 0 Å². The van der Waals surface area contributed by atoms with E-state index in [4.69, 9.17) is 4.74 Å². The average Bonchev–Trinajstić information content (AvgIpc) is 2.21. The van der Waals surface area contributed by atoms with Crippen LogP contribution >= 0.6 is 15.9 Å². The van der Waals surface area contributed by atoms with Gasteiger partial charge in [-0.1, -0.05) is 22.9 Å². The van der Waals surface area contributed by atoms with Gasteiger partial charge in [0, 0.05) is 22.5 Å². The van der Waals surface area contributed by atoms with Crippen molar-refractivity contribution in [2.75, 3.05) is 13.2 Å². The zero-order chi connectivity index (χ0) is 9.97. The summed E-state index contributed by atoms with van der Waals surface area (Å²) in [6.07, 6.45) is 0. The average molecular weight is 254 g/mol. The Hall–Kier alpha value is -0.830. The van der Waals surface area contributed by atoms with Crippen molar-refractivity contribution in [1.29, 1.82) is 0 Å². The molecule has 1 heterocycles. The van der Waals surface area contributed by atoms with Crippen LogP contribution in [-0.2, 0) is 4.74 Å². The summed E-state index contributed by atoms with van der Waals surface area (Å²) in [5, 5.41) is 0. The molecule has 2 nitrogen and oxygen atoms in total. The van der Waals surface area contributed by atoms with Crippen LogP contribution in [0, 0.1) is 5.92 Å². The first-order chi connectivity index (χ1) is 6.75. The molecule has 0 saturated carbocycles. The molecular weight excluding hydrogens is 242 g/mol. The summed E-state index contributed by atoms with van der Waals surface area (Å²) < 4.78 is 6.63. The number of halogens is 1. The molecule has 1 aliphatic rings. The molecule has 1 aromatic carbocycles. The summed E-state index contributed by atoms with van der Waals surface area (Å²) in [6, 6.07) is 8.02. The fourth-order valence-corrected chi connectivity index (χ4v) is 1.59. The van der Waals surface area contributed by atoms with Crippen molar-refractivity contribution in [3.8, 4) is 0 Å². The molecule has 3 heteroatoms. The van der Waals surface area contributed by atoms with E-state index in [0.717, 1.165) is 29.1 Å². The van der Waals surface area contributed by atoms with Gasteiger partial charge in [-0.3, -0.25) is 4.99 Å². The Bertz CT molecular complexity index is 345. The van der Waals surface area contributed by atoms with Crippen molar-refractivity contribution in [3.05, 3.63) is 34.3 Å². The van der Waals surface area contributed by atoms with Gasteiger partial charge in [-0.05, 0) is 24.3 Å². The summed E-state index contributed by atoms with van der Waals surface area (Å²) in [4.78, 5) is 4.39. The van der Waals surface area contributed by atoms with Crippen molar-refractivity contribution < 1.29 is 4.74 Å². The van der Waals surface area contributed by atoms with Crippen molar-refractivity contribution in [2.45, 2.75) is 6.92 Å². The highest BCUT2D eigenvalue weighted by atomic mass is 79.9. The second-order valence-electron chi connectivity index (χ2n) is 3.57. The molecule has 0 bridgehead atoms. The van der Waals surface area contributed by atoms with Gasteiger partial charge in [0.15, 0.2) is 0 Å². The van der Waals surface area contributed by atoms with Crippen molar-refractivity contribution in [1.82, 2.24) is 0 Å². The molecule has 0 spiro atoms. The lowest BCUT2D eigenvalue weighted by atomic mass is 10.1. The number of rotatable bonds is 1. The number of aliphatic imine (C=N–C) groups is 1. The number of hydrogen-bond acceptors (Lipinski definition) is 2. The first-order valence-electron chi connectivity index (χ1n) is 4.69. The van der Waals surface area contributed by atoms with Gasteiger partial charge in [0.2, 0.25) is 5.90 Å². The largest absolute Gasteiger partial charge is 0.477 e. The summed E-state index contributed by atoms with van der Waals surface area (Å²) in [5.41, 5.74) is 1.06. The van der Waals surface area contributed by atoms with Crippen LogP contribution in [0.5, 0.6) is 0 Å². The fourth-order valence-electron chi connectivity index (χ4n) is 1.33. The molecule has 0 N–H and O–H groups in total. The summed E-state index contributed by atoms with van der Waals surface area (Å²) in [7, 11) is 0. The minimum Gasteiger partial charge on any atom is -0.477 e. The lowest BCUT2D eigenvalue weighted by molar-refractivity contribution is 0.232. The minimum absolute atomic E-state index is 0.536. The van der Waals surface area contributed by atoms with E-state index in [0.29, 0.717) is 5.92 Å². The molecule has 14 heavy (non-hydrogen) atoms. The zero-order valence-electron chi connectivity index (χ0n) is 8.03. The molecule has 1 unspecified atom stereocenters. The van der Waals surface area contributed by atoms with Gasteiger partial charge in [0.1, 0.15) is 0 Å². The van der Waals surface area contributed by atoms with Crippen LogP contribution in [0.4, 0.5) is 0 Å². The predicted octanol–water partition coefficient (Wildman–Crippen LogP) is 2.86. The Kier molecular flexibility index (Phi) is 2.87. The Labute approximate surface area is 92.1 Å². The Morgan fingerprint density at radius 1 is 1.36 bits per heavy atom. The number of benzene rings is 1. The number of nitrogens with zero attached hydrogens (tertiary/aromatic N) is 1. The third-order valence-corrected chi connectivity index (χ3v) is 2.67. The Morgan fingerprint density at radius 2 is 2.07 bits per heavy atom. The van der Waals surface area contributed by atoms with E-state index in [-0.39, 0.29) is 0 Å². The highest BCUT2D eigenvalue weighted by molar-refractivity contribution is 9.10. The van der Waals surface area contributed by atoms with Crippen LogP contribution in [0.1, 0.15) is 12.5 Å². The summed E-state index contributed by atoms with van der Waals surface area (Å²) >= 11 is 3.40. The smallest absolute Gasteiger partial charge is 0.216 e. The van der Waals surface area contributed by atoms with E-state index < -0.39 is 0 Å². The first-order valence-corrected chi connectivity index (χ1v) is 5.48. The van der Waals surface area contributed by atoms with Crippen molar-refractivity contribution >= 4 is 21.8 Å². The topological polar surface area (TPSA) is 21.6 Å². The van der Waals surface area contributed by atoms with Crippen molar-refractivity contribution in [3.63, 3.8) is 0 Å². The van der Waals surface area contributed by atoms with E-state index in [9.17, 15) is 0 Å². The second kappa shape index (κ2) is 4.13. The molecule has 74 valence electrons. The quantitative estimate of drug-likeness (QED) is 0.755. The molecule has 1 atom stereocenters. The lowest BCUT2D eigenvalue weighted by Crippen LogP contribution is -2.21. The predicted molar refractivity (Wildman–Crippen MR) is 60.7 cm³/mol. The number of hydrogen-bond donors (Lipinski definition) is 0. The number of ether oxygens (including phenoxy) is 1. The van der Waals surface area contributed by atoms with E-state index in [2.05, 4.69) is 27.8 Å². The third kappa shape index (κ3) is 2.15. The van der Waals surface area contributed by atoms with Gasteiger partial charge < -0.3 is 4.74 Å². The minimum atomic E-state index is 0.536. The molecule has 0 aliphatic carbocycles. The molecule has 1 aliphatic heterocycles. The maximum absolute atomic E-state index is 5.55. The van der Waals surface area contributed by atoms with Gasteiger partial charge >= 0.3 is 0 Å². The van der Waals surface area contributed by atoms with Gasteiger partial charge in [0.25, 0.3) is 0 Å². The maximum Gasteiger partial charge on any atom is 0.216 e. The molecule has 1 aromatic rings. The van der Waals surface area contributed by atoms with Crippen LogP contribution in [0.15, 0.2) is 33.7 Å². The maximum atomic E-state index is 5.55. The normalized spacial score (nSPS) is 21.3. The fraction of sp³-hybridized carbons (Fsp3) is 0.364. The van der Waals surface area contributed by atoms with E-state index in [1.807, 2.05) is 24.3 Å². The van der Waals surface area contributed by atoms with Gasteiger partial charge in [-0.15, -0.1) is 0 Å². The Balaban J connectivity index is 2.19. The van der Waals surface area contributed by atoms with Crippen LogP contribution in [0.25, 0.3) is 0 Å². The van der Waals surface area contributed by atoms with Crippen molar-refractivity contribution in [2.24, 2.45) is 10.9 Å². The van der Waals surface area contributed by atoms with Crippen LogP contribution in [0.2, 0.25) is 0 Å². The van der Waals surface area contributed by atoms with E-state index in [1.54, 1.807) is 0 Å². The third-order valence-electron chi connectivity index (χ3n) is 2.14. The highest BCUT2D eigenvalue weighted by Crippen LogP contribution is 2.14. The molecular formula is C11H12BrNO. The SMILES string of the molecule is CC1CN=C(c2ccc(Br)cc2)OC1. The second-order valence-corrected chi connectivity index (χ2v) is 4.48. The molecule has 0 radical (unpaired) electrons. The zero-order valence-corrected chi connectivity index (χ0v) is 9.62. The molecule has 2 rings (SSSR count). The molecule has 0 aromatic heterocycles. The van der Waals surface area contributed by atoms with Gasteiger partial charge in [0.05, 0.1) is 6.61 Å². The first kappa shape index (κ1) is 9.71. The van der Waals surface area contributed by atoms with Crippen LogP contribution in [0.3, 0.4) is 0 Å². The molecule has 0 saturated heterocycles. The summed E-state index contributed by atoms with van der Waals surface area (Å²) in [5.74, 6) is 1.31. The van der Waals surface area contributed by atoms with Crippen LogP contribution < -0.4 is 0 Å². The molecule has 0 amide bonds. The Morgan fingerprint density at radius 3 is 2.64 bits per heavy atom. The lowest BCUT2D eigenvalue weighted by Gasteiger charge is -2.18.